The number of hydrogen-bond donors (Lipinski definition) is 7. The highest BCUT2D eigenvalue weighted by Crippen LogP contribution is 2.41. The van der Waals surface area contributed by atoms with E-state index in [9.17, 15) is 14.7 Å². The van der Waals surface area contributed by atoms with Gasteiger partial charge in [0.05, 0.1) is 24.6 Å². The average molecular weight is 577 g/mol. The maximum atomic E-state index is 13.6. The van der Waals surface area contributed by atoms with Crippen LogP contribution in [0.5, 0.6) is 5.75 Å². The van der Waals surface area contributed by atoms with E-state index in [2.05, 4.69) is 44.8 Å². The number of aromatic nitrogens is 1. The normalized spacial score (nSPS) is 28.7. The van der Waals surface area contributed by atoms with Gasteiger partial charge in [-0.15, -0.1) is 0 Å². The first-order valence-electron chi connectivity index (χ1n) is 14.2. The Labute approximate surface area is 243 Å². The number of para-hydroxylation sites is 1. The molecule has 2 aromatic rings. The molecule has 42 heavy (non-hydrogen) atoms. The lowest BCUT2D eigenvalue weighted by Crippen LogP contribution is -2.88. The number of aliphatic hydroxyl groups is 1. The predicted molar refractivity (Wildman–Crippen MR) is 154 cm³/mol. The quantitative estimate of drug-likeness (QED) is 0.192. The Morgan fingerprint density at radius 3 is 2.83 bits per heavy atom. The lowest BCUT2D eigenvalue weighted by molar-refractivity contribution is -0.513. The number of nitrogens with two attached hydrogens (primary N) is 2. The molecule has 5 heterocycles. The second-order valence-electron chi connectivity index (χ2n) is 12.1. The average Bonchev–Trinajstić information content (AvgIpc) is 3.44. The number of rotatable bonds is 6. The van der Waals surface area contributed by atoms with E-state index < -0.39 is 29.9 Å². The number of pyridine rings is 1. The fourth-order valence-corrected chi connectivity index (χ4v) is 6.53. The second-order valence-corrected chi connectivity index (χ2v) is 12.1. The number of nitrogens with zero attached hydrogens (tertiary/aromatic N) is 3. The summed E-state index contributed by atoms with van der Waals surface area (Å²) in [6, 6.07) is 7.49. The van der Waals surface area contributed by atoms with Crippen LogP contribution < -0.4 is 37.1 Å². The van der Waals surface area contributed by atoms with Crippen molar-refractivity contribution in [2.24, 2.45) is 16.5 Å². The van der Waals surface area contributed by atoms with Crippen LogP contribution in [0.3, 0.4) is 0 Å². The van der Waals surface area contributed by atoms with Gasteiger partial charge in [0, 0.05) is 30.5 Å². The van der Waals surface area contributed by atoms with E-state index in [0.717, 1.165) is 17.5 Å². The molecular formula is C29H38N9O4+. The molecule has 1 spiro atoms. The van der Waals surface area contributed by atoms with Crippen molar-refractivity contribution in [3.8, 4) is 5.75 Å². The topological polar surface area (TPSA) is 194 Å². The molecule has 4 aliphatic rings. The largest absolute Gasteiger partial charge is 0.492 e. The van der Waals surface area contributed by atoms with Gasteiger partial charge in [-0.1, -0.05) is 32.0 Å². The van der Waals surface area contributed by atoms with Crippen LogP contribution in [0, 0.1) is 6.92 Å². The molecule has 222 valence electrons. The number of nitrogens with one attached hydrogen (secondary N) is 4. The highest BCUT2D eigenvalue weighted by Gasteiger charge is 2.68. The molecule has 5 atom stereocenters. The molecule has 13 nitrogen and oxygen atoms in total. The SMILES string of the molecule is Cc1ccc(CC(=O)NC[C@@H]2N=C(N)N3CC(NC(=O)c4cccc5c4OCCC5(C)C)[C@@H](O)[C@@]34NC(N)=[NH+][C@@H]24)nc1. The molecule has 1 aromatic carbocycles. The third kappa shape index (κ3) is 4.57. The van der Waals surface area contributed by atoms with E-state index in [4.69, 9.17) is 16.2 Å². The van der Waals surface area contributed by atoms with Gasteiger partial charge in [-0.2, -0.15) is 0 Å². The summed E-state index contributed by atoms with van der Waals surface area (Å²) in [6.07, 6.45) is 1.57. The number of aryl methyl sites for hydroxylation is 1. The first-order valence-corrected chi connectivity index (χ1v) is 14.2. The summed E-state index contributed by atoms with van der Waals surface area (Å²) in [5.74, 6) is 0.423. The molecular weight excluding hydrogens is 538 g/mol. The van der Waals surface area contributed by atoms with Crippen molar-refractivity contribution in [1.29, 1.82) is 0 Å². The van der Waals surface area contributed by atoms with Crippen LogP contribution in [-0.2, 0) is 16.6 Å². The van der Waals surface area contributed by atoms with Crippen LogP contribution >= 0.6 is 0 Å². The van der Waals surface area contributed by atoms with E-state index in [1.807, 2.05) is 31.2 Å². The number of guanidine groups is 2. The highest BCUT2D eigenvalue weighted by atomic mass is 16.5. The number of hydrogen-bond acceptors (Lipinski definition) is 10. The summed E-state index contributed by atoms with van der Waals surface area (Å²) < 4.78 is 5.95. The Kier molecular flexibility index (Phi) is 6.71. The Morgan fingerprint density at radius 2 is 2.07 bits per heavy atom. The molecule has 2 amide bonds. The number of carbonyl (C=O) groups is 2. The van der Waals surface area contributed by atoms with Crippen molar-refractivity contribution < 1.29 is 24.4 Å². The number of amides is 2. The summed E-state index contributed by atoms with van der Waals surface area (Å²) in [4.78, 5) is 40.1. The molecule has 6 rings (SSSR count). The van der Waals surface area contributed by atoms with Gasteiger partial charge >= 0.3 is 5.96 Å². The van der Waals surface area contributed by atoms with Gasteiger partial charge in [0.2, 0.25) is 11.6 Å². The van der Waals surface area contributed by atoms with E-state index in [-0.39, 0.29) is 48.7 Å². The van der Waals surface area contributed by atoms with Crippen LogP contribution in [0.1, 0.15) is 47.4 Å². The van der Waals surface area contributed by atoms with Gasteiger partial charge < -0.3 is 31.1 Å². The van der Waals surface area contributed by atoms with Gasteiger partial charge in [0.1, 0.15) is 17.9 Å². The molecule has 9 N–H and O–H groups in total. The van der Waals surface area contributed by atoms with E-state index in [1.54, 1.807) is 17.2 Å². The molecule has 0 bridgehead atoms. The molecule has 1 unspecified atom stereocenters. The predicted octanol–water partition coefficient (Wildman–Crippen LogP) is -2.66. The molecule has 0 aliphatic carbocycles. The number of benzene rings is 1. The van der Waals surface area contributed by atoms with Crippen LogP contribution in [0.4, 0.5) is 0 Å². The third-order valence-electron chi connectivity index (χ3n) is 8.84. The van der Waals surface area contributed by atoms with Crippen molar-refractivity contribution >= 4 is 23.7 Å². The number of aliphatic imine (C=N–C) groups is 1. The molecule has 1 aromatic heterocycles. The van der Waals surface area contributed by atoms with Crippen LogP contribution in [0.2, 0.25) is 0 Å². The van der Waals surface area contributed by atoms with E-state index in [0.29, 0.717) is 23.6 Å². The smallest absolute Gasteiger partial charge is 0.343 e. The van der Waals surface area contributed by atoms with Crippen LogP contribution in [0.25, 0.3) is 0 Å². The Morgan fingerprint density at radius 1 is 1.26 bits per heavy atom. The van der Waals surface area contributed by atoms with Crippen molar-refractivity contribution in [1.82, 2.24) is 25.8 Å². The molecule has 4 aliphatic heterocycles. The zero-order chi connectivity index (χ0) is 29.8. The Hall–Kier alpha value is -4.39. The fourth-order valence-electron chi connectivity index (χ4n) is 6.53. The minimum Gasteiger partial charge on any atom is -0.492 e. The second kappa shape index (κ2) is 10.2. The molecule has 1 fully saturated rings. The molecule has 1 saturated heterocycles. The molecule has 0 radical (unpaired) electrons. The number of fused-ring (bicyclic) bond motifs is 1. The minimum atomic E-state index is -1.18. The van der Waals surface area contributed by atoms with E-state index in [1.165, 1.54) is 0 Å². The lowest BCUT2D eigenvalue weighted by Gasteiger charge is -2.43. The maximum Gasteiger partial charge on any atom is 0.343 e. The monoisotopic (exact) mass is 576 g/mol. The molecule has 0 saturated carbocycles. The van der Waals surface area contributed by atoms with Crippen molar-refractivity contribution in [2.45, 2.75) is 68.9 Å². The van der Waals surface area contributed by atoms with Gasteiger partial charge in [-0.25, -0.2) is 10.3 Å². The maximum absolute atomic E-state index is 13.6. The number of aliphatic hydroxyl groups excluding tert-OH is 1. The van der Waals surface area contributed by atoms with Gasteiger partial charge in [0.15, 0.2) is 12.0 Å². The zero-order valence-corrected chi connectivity index (χ0v) is 24.0. The van der Waals surface area contributed by atoms with Gasteiger partial charge in [-0.05, 0) is 36.5 Å². The summed E-state index contributed by atoms with van der Waals surface area (Å²) in [7, 11) is 0. The van der Waals surface area contributed by atoms with E-state index >= 15 is 0 Å². The number of ether oxygens (including phenoxy) is 1. The van der Waals surface area contributed by atoms with Gasteiger partial charge in [0.25, 0.3) is 5.91 Å². The standard InChI is InChI=1S/C29H37N9O4/c1-15-7-8-16(32-12-15)11-21(39)33-13-19-23-29(37-26(30)36-23)24(40)20(14-38(29)27(31)35-19)34-25(41)17-5-4-6-18-22(17)42-10-9-28(18,2)3/h4-8,12,19-20,23-24,40H,9-11,13-14H2,1-3H3,(H2,31,35)(H,33,39)(H,34,41)(H3,30,36,37)/p+1/t19-,20?,23-,24+,29-/m0/s1. The minimum absolute atomic E-state index is 0.120. The highest BCUT2D eigenvalue weighted by molar-refractivity contribution is 5.98. The van der Waals surface area contributed by atoms with Crippen molar-refractivity contribution in [2.75, 3.05) is 19.7 Å². The Balaban J connectivity index is 1.19. The Bertz CT molecular complexity index is 1470. The summed E-state index contributed by atoms with van der Waals surface area (Å²) in [5, 5.41) is 20.8. The third-order valence-corrected chi connectivity index (χ3v) is 8.84. The lowest BCUT2D eigenvalue weighted by atomic mass is 9.79. The summed E-state index contributed by atoms with van der Waals surface area (Å²) >= 11 is 0. The zero-order valence-electron chi connectivity index (χ0n) is 24.0. The van der Waals surface area contributed by atoms with Crippen LogP contribution in [-0.4, -0.2) is 88.3 Å². The summed E-state index contributed by atoms with van der Waals surface area (Å²) in [6.45, 7) is 7.07. The number of carbonyl (C=O) groups excluding carboxylic acids is 2. The fraction of sp³-hybridized carbons (Fsp3) is 0.483. The van der Waals surface area contributed by atoms with Crippen molar-refractivity contribution in [3.63, 3.8) is 0 Å². The van der Waals surface area contributed by atoms with Gasteiger partial charge in [-0.3, -0.25) is 25.3 Å². The molecule has 13 heteroatoms. The first kappa shape index (κ1) is 27.8. The van der Waals surface area contributed by atoms with Crippen LogP contribution in [0.15, 0.2) is 41.5 Å². The summed E-state index contributed by atoms with van der Waals surface area (Å²) in [5.41, 5.74) is 14.4. The van der Waals surface area contributed by atoms with Crippen molar-refractivity contribution in [3.05, 3.63) is 58.9 Å². The first-order chi connectivity index (χ1) is 20.0.